The Balaban J connectivity index is 2.16. The molecule has 7 heteroatoms. The number of nitrogens with one attached hydrogen (secondary N) is 1. The molecular formula is C12H12N6O. The lowest BCUT2D eigenvalue weighted by Gasteiger charge is -2.04. The molecule has 0 saturated carbocycles. The summed E-state index contributed by atoms with van der Waals surface area (Å²) >= 11 is 0. The van der Waals surface area contributed by atoms with Crippen LogP contribution in [0.2, 0.25) is 0 Å². The lowest BCUT2D eigenvalue weighted by molar-refractivity contribution is 0.856. The number of hydrogen-bond donors (Lipinski definition) is 2. The third kappa shape index (κ3) is 1.95. The van der Waals surface area contributed by atoms with Crippen LogP contribution in [0.1, 0.15) is 17.0 Å². The highest BCUT2D eigenvalue weighted by molar-refractivity contribution is 5.37. The zero-order chi connectivity index (χ0) is 13.4. The SMILES string of the molecule is Cc1nc2nc(N)[nH]n2c(=O)c1Cc1ccccn1. The molecule has 19 heavy (non-hydrogen) atoms. The monoisotopic (exact) mass is 256 g/mol. The number of H-pyrrole nitrogens is 1. The van der Waals surface area contributed by atoms with E-state index in [1.54, 1.807) is 13.1 Å². The van der Waals surface area contributed by atoms with E-state index in [1.807, 2.05) is 18.2 Å². The molecule has 7 nitrogen and oxygen atoms in total. The van der Waals surface area contributed by atoms with E-state index in [1.165, 1.54) is 4.52 Å². The van der Waals surface area contributed by atoms with Crippen LogP contribution in [0.4, 0.5) is 5.95 Å². The standard InChI is InChI=1S/C12H12N6O/c1-7-9(6-8-4-2-3-5-14-8)10(19)18-12(15-7)16-11(13)17-18/h2-5H,6H2,1H3,(H3,13,15,16,17). The summed E-state index contributed by atoms with van der Waals surface area (Å²) in [5.74, 6) is 0.448. The Hall–Kier alpha value is -2.70. The summed E-state index contributed by atoms with van der Waals surface area (Å²) in [7, 11) is 0. The van der Waals surface area contributed by atoms with Gasteiger partial charge in [-0.05, 0) is 19.1 Å². The molecule has 3 aromatic rings. The Kier molecular flexibility index (Phi) is 2.52. The van der Waals surface area contributed by atoms with Crippen LogP contribution in [0, 0.1) is 6.92 Å². The van der Waals surface area contributed by atoms with Gasteiger partial charge in [0, 0.05) is 23.9 Å². The van der Waals surface area contributed by atoms with Crippen molar-refractivity contribution in [1.29, 1.82) is 0 Å². The van der Waals surface area contributed by atoms with Crippen LogP contribution >= 0.6 is 0 Å². The lowest BCUT2D eigenvalue weighted by atomic mass is 10.1. The molecule has 0 fully saturated rings. The van der Waals surface area contributed by atoms with Crippen molar-refractivity contribution in [2.24, 2.45) is 0 Å². The molecule has 0 saturated heterocycles. The molecule has 96 valence electrons. The number of aryl methyl sites for hydroxylation is 1. The number of pyridine rings is 1. The summed E-state index contributed by atoms with van der Waals surface area (Å²) in [6, 6.07) is 5.59. The summed E-state index contributed by atoms with van der Waals surface area (Å²) in [5, 5.41) is 2.67. The predicted octanol–water partition coefficient (Wildman–Crippen LogP) is 0.294. The van der Waals surface area contributed by atoms with E-state index in [2.05, 4.69) is 20.1 Å². The van der Waals surface area contributed by atoms with Crippen LogP contribution in [0.5, 0.6) is 0 Å². The quantitative estimate of drug-likeness (QED) is 0.686. The fourth-order valence-corrected chi connectivity index (χ4v) is 1.96. The number of hydrogen-bond acceptors (Lipinski definition) is 5. The van der Waals surface area contributed by atoms with Crippen molar-refractivity contribution >= 4 is 11.7 Å². The van der Waals surface area contributed by atoms with E-state index in [-0.39, 0.29) is 17.3 Å². The highest BCUT2D eigenvalue weighted by Gasteiger charge is 2.13. The molecule has 3 aromatic heterocycles. The minimum absolute atomic E-state index is 0.166. The summed E-state index contributed by atoms with van der Waals surface area (Å²) in [6.45, 7) is 1.78. The number of aromatic amines is 1. The largest absolute Gasteiger partial charge is 0.368 e. The number of nitrogen functional groups attached to an aromatic ring is 1. The molecular weight excluding hydrogens is 244 g/mol. The van der Waals surface area contributed by atoms with Gasteiger partial charge in [-0.25, -0.2) is 4.98 Å². The van der Waals surface area contributed by atoms with Crippen LogP contribution < -0.4 is 11.3 Å². The van der Waals surface area contributed by atoms with E-state index in [0.717, 1.165) is 5.69 Å². The Bertz CT molecular complexity index is 789. The first-order valence-corrected chi connectivity index (χ1v) is 5.79. The van der Waals surface area contributed by atoms with Crippen LogP contribution in [-0.2, 0) is 6.42 Å². The summed E-state index contributed by atoms with van der Waals surface area (Å²) in [6.07, 6.45) is 2.13. The zero-order valence-corrected chi connectivity index (χ0v) is 10.3. The van der Waals surface area contributed by atoms with Crippen LogP contribution in [0.25, 0.3) is 5.78 Å². The molecule has 0 aliphatic carbocycles. The number of anilines is 1. The molecule has 0 unspecified atom stereocenters. The molecule has 0 bridgehead atoms. The summed E-state index contributed by atoms with van der Waals surface area (Å²) in [4.78, 5) is 24.8. The molecule has 3 heterocycles. The van der Waals surface area contributed by atoms with E-state index in [4.69, 9.17) is 5.73 Å². The normalized spacial score (nSPS) is 11.0. The minimum Gasteiger partial charge on any atom is -0.368 e. The Morgan fingerprint density at radius 1 is 1.37 bits per heavy atom. The topological polar surface area (TPSA) is 102 Å². The number of nitrogens with two attached hydrogens (primary N) is 1. The maximum absolute atomic E-state index is 12.3. The smallest absolute Gasteiger partial charge is 0.277 e. The van der Waals surface area contributed by atoms with Crippen molar-refractivity contribution in [2.75, 3.05) is 5.73 Å². The van der Waals surface area contributed by atoms with Crippen molar-refractivity contribution in [3.8, 4) is 0 Å². The predicted molar refractivity (Wildman–Crippen MR) is 69.8 cm³/mol. The maximum atomic E-state index is 12.3. The number of nitrogens with zero attached hydrogens (tertiary/aromatic N) is 4. The van der Waals surface area contributed by atoms with Gasteiger partial charge in [0.15, 0.2) is 0 Å². The van der Waals surface area contributed by atoms with Gasteiger partial charge in [0.05, 0.1) is 5.69 Å². The van der Waals surface area contributed by atoms with Gasteiger partial charge in [-0.3, -0.25) is 14.9 Å². The Labute approximate surface area is 108 Å². The van der Waals surface area contributed by atoms with Gasteiger partial charge in [-0.15, -0.1) is 0 Å². The van der Waals surface area contributed by atoms with Crippen LogP contribution in [0.3, 0.4) is 0 Å². The Morgan fingerprint density at radius 2 is 2.21 bits per heavy atom. The van der Waals surface area contributed by atoms with E-state index in [0.29, 0.717) is 17.7 Å². The second-order valence-electron chi connectivity index (χ2n) is 4.22. The summed E-state index contributed by atoms with van der Waals surface area (Å²) in [5.41, 5.74) is 7.38. The van der Waals surface area contributed by atoms with Gasteiger partial charge in [-0.2, -0.15) is 9.50 Å². The number of aromatic nitrogens is 5. The molecule has 3 rings (SSSR count). The van der Waals surface area contributed by atoms with Crippen molar-refractivity contribution in [3.63, 3.8) is 0 Å². The molecule has 0 aromatic carbocycles. The van der Waals surface area contributed by atoms with Crippen molar-refractivity contribution in [3.05, 3.63) is 51.7 Å². The zero-order valence-electron chi connectivity index (χ0n) is 10.3. The number of rotatable bonds is 2. The first-order chi connectivity index (χ1) is 9.15. The van der Waals surface area contributed by atoms with Crippen molar-refractivity contribution in [2.45, 2.75) is 13.3 Å². The van der Waals surface area contributed by atoms with E-state index >= 15 is 0 Å². The Morgan fingerprint density at radius 3 is 2.95 bits per heavy atom. The fraction of sp³-hybridized carbons (Fsp3) is 0.167. The lowest BCUT2D eigenvalue weighted by Crippen LogP contribution is -2.22. The molecule has 0 aliphatic heterocycles. The average Bonchev–Trinajstić information content (AvgIpc) is 2.76. The van der Waals surface area contributed by atoms with Crippen molar-refractivity contribution in [1.82, 2.24) is 24.6 Å². The highest BCUT2D eigenvalue weighted by Crippen LogP contribution is 2.08. The number of fused-ring (bicyclic) bond motifs is 1. The highest BCUT2D eigenvalue weighted by atomic mass is 16.1. The molecule has 0 atom stereocenters. The minimum atomic E-state index is -0.197. The van der Waals surface area contributed by atoms with Gasteiger partial charge in [0.2, 0.25) is 5.95 Å². The summed E-state index contributed by atoms with van der Waals surface area (Å²) < 4.78 is 1.25. The van der Waals surface area contributed by atoms with Gasteiger partial charge in [-0.1, -0.05) is 6.07 Å². The van der Waals surface area contributed by atoms with Gasteiger partial charge < -0.3 is 5.73 Å². The van der Waals surface area contributed by atoms with Crippen LogP contribution in [-0.4, -0.2) is 24.6 Å². The third-order valence-electron chi connectivity index (χ3n) is 2.90. The first kappa shape index (κ1) is 11.4. The van der Waals surface area contributed by atoms with E-state index < -0.39 is 0 Å². The molecule has 0 spiro atoms. The second kappa shape index (κ2) is 4.20. The fourth-order valence-electron chi connectivity index (χ4n) is 1.96. The van der Waals surface area contributed by atoms with E-state index in [9.17, 15) is 4.79 Å². The average molecular weight is 256 g/mol. The molecule has 0 radical (unpaired) electrons. The third-order valence-corrected chi connectivity index (χ3v) is 2.90. The van der Waals surface area contributed by atoms with Gasteiger partial charge >= 0.3 is 0 Å². The molecule has 0 amide bonds. The van der Waals surface area contributed by atoms with Crippen molar-refractivity contribution < 1.29 is 0 Å². The van der Waals surface area contributed by atoms with Crippen LogP contribution in [0.15, 0.2) is 29.2 Å². The first-order valence-electron chi connectivity index (χ1n) is 5.79. The van der Waals surface area contributed by atoms with Gasteiger partial charge in [0.1, 0.15) is 0 Å². The molecule has 3 N–H and O–H groups in total. The second-order valence-corrected chi connectivity index (χ2v) is 4.22. The maximum Gasteiger partial charge on any atom is 0.277 e. The molecule has 0 aliphatic rings. The van der Waals surface area contributed by atoms with Gasteiger partial charge in [0.25, 0.3) is 11.3 Å².